The van der Waals surface area contributed by atoms with Crippen LogP contribution in [0.5, 0.6) is 5.75 Å². The number of nitrogens with zero attached hydrogens (tertiary/aromatic N) is 1. The van der Waals surface area contributed by atoms with Crippen LogP contribution >= 0.6 is 0 Å². The third-order valence-corrected chi connectivity index (χ3v) is 3.99. The lowest BCUT2D eigenvalue weighted by atomic mass is 9.98. The molecule has 1 fully saturated rings. The quantitative estimate of drug-likeness (QED) is 0.758. The molecule has 1 aliphatic rings. The van der Waals surface area contributed by atoms with Gasteiger partial charge in [-0.1, -0.05) is 13.3 Å². The summed E-state index contributed by atoms with van der Waals surface area (Å²) >= 11 is 0. The molecule has 0 amide bonds. The summed E-state index contributed by atoms with van der Waals surface area (Å²) in [7, 11) is 0. The van der Waals surface area contributed by atoms with Crippen LogP contribution < -0.4 is 10.3 Å². The number of carbonyl (C=O) groups excluding carboxylic acids is 1. The molecular formula is C17H25NO4. The molecule has 1 heterocycles. The fourth-order valence-corrected chi connectivity index (χ4v) is 2.68. The number of carbonyl (C=O) groups is 1. The van der Waals surface area contributed by atoms with E-state index in [4.69, 9.17) is 9.47 Å². The van der Waals surface area contributed by atoms with Gasteiger partial charge in [-0.05, 0) is 51.2 Å². The van der Waals surface area contributed by atoms with E-state index in [1.165, 1.54) is 11.0 Å². The van der Waals surface area contributed by atoms with Gasteiger partial charge in [0.05, 0.1) is 6.61 Å². The van der Waals surface area contributed by atoms with Gasteiger partial charge in [-0.2, -0.15) is 0 Å². The lowest BCUT2D eigenvalue weighted by molar-refractivity contribution is -0.154. The second-order valence-corrected chi connectivity index (χ2v) is 5.81. The third-order valence-electron chi connectivity index (χ3n) is 3.99. The molecule has 1 atom stereocenters. The van der Waals surface area contributed by atoms with Crippen molar-refractivity contribution in [2.45, 2.75) is 64.5 Å². The molecule has 0 aliphatic heterocycles. The van der Waals surface area contributed by atoms with Gasteiger partial charge in [0, 0.05) is 6.20 Å². The summed E-state index contributed by atoms with van der Waals surface area (Å²) in [6.45, 7) is 4.15. The first-order valence-electron chi connectivity index (χ1n) is 8.18. The van der Waals surface area contributed by atoms with Crippen LogP contribution in [0, 0.1) is 0 Å². The van der Waals surface area contributed by atoms with Crippen LogP contribution in [-0.4, -0.2) is 23.2 Å². The number of hydrogen-bond acceptors (Lipinski definition) is 4. The SMILES string of the molecule is CCCOc1cccn(C(C)C(=O)OC2CCCCC2)c1=O. The van der Waals surface area contributed by atoms with Crippen LogP contribution in [0.4, 0.5) is 0 Å². The van der Waals surface area contributed by atoms with Gasteiger partial charge in [-0.25, -0.2) is 4.79 Å². The van der Waals surface area contributed by atoms with E-state index in [1.807, 2.05) is 6.92 Å². The molecule has 0 radical (unpaired) electrons. The number of pyridine rings is 1. The topological polar surface area (TPSA) is 57.5 Å². The Hall–Kier alpha value is -1.78. The highest BCUT2D eigenvalue weighted by molar-refractivity contribution is 5.74. The van der Waals surface area contributed by atoms with Crippen LogP contribution in [0.1, 0.15) is 58.4 Å². The highest BCUT2D eigenvalue weighted by Gasteiger charge is 2.23. The molecule has 1 aromatic heterocycles. The maximum atomic E-state index is 12.3. The van der Waals surface area contributed by atoms with E-state index >= 15 is 0 Å². The highest BCUT2D eigenvalue weighted by atomic mass is 16.5. The molecule has 122 valence electrons. The van der Waals surface area contributed by atoms with Crippen molar-refractivity contribution < 1.29 is 14.3 Å². The summed E-state index contributed by atoms with van der Waals surface area (Å²) in [5.74, 6) is -0.0664. The molecule has 0 spiro atoms. The predicted octanol–water partition coefficient (Wildman–Crippen LogP) is 3.07. The molecule has 0 N–H and O–H groups in total. The van der Waals surface area contributed by atoms with Crippen molar-refractivity contribution in [3.05, 3.63) is 28.7 Å². The van der Waals surface area contributed by atoms with E-state index in [-0.39, 0.29) is 23.4 Å². The van der Waals surface area contributed by atoms with E-state index in [1.54, 1.807) is 25.3 Å². The smallest absolute Gasteiger partial charge is 0.329 e. The summed E-state index contributed by atoms with van der Waals surface area (Å²) in [6, 6.07) is 2.71. The summed E-state index contributed by atoms with van der Waals surface area (Å²) in [6.07, 6.45) is 7.69. The zero-order valence-corrected chi connectivity index (χ0v) is 13.4. The minimum absolute atomic E-state index is 0.000994. The van der Waals surface area contributed by atoms with Gasteiger partial charge in [0.1, 0.15) is 12.1 Å². The van der Waals surface area contributed by atoms with Crippen LogP contribution in [0.25, 0.3) is 0 Å². The van der Waals surface area contributed by atoms with Gasteiger partial charge in [-0.3, -0.25) is 9.36 Å². The Kier molecular flexibility index (Phi) is 6.04. The molecule has 22 heavy (non-hydrogen) atoms. The van der Waals surface area contributed by atoms with Gasteiger partial charge >= 0.3 is 5.97 Å². The zero-order chi connectivity index (χ0) is 15.9. The lowest BCUT2D eigenvalue weighted by Crippen LogP contribution is -2.32. The first kappa shape index (κ1) is 16.6. The molecule has 1 aliphatic carbocycles. The first-order chi connectivity index (χ1) is 10.6. The van der Waals surface area contributed by atoms with Crippen molar-refractivity contribution in [1.82, 2.24) is 4.57 Å². The second kappa shape index (κ2) is 8.01. The standard InChI is InChI=1S/C17H25NO4/c1-3-12-21-15-10-7-11-18(16(15)19)13(2)17(20)22-14-8-5-4-6-9-14/h7,10-11,13-14H,3-6,8-9,12H2,1-2H3. The third kappa shape index (κ3) is 4.12. The van der Waals surface area contributed by atoms with Crippen LogP contribution in [0.3, 0.4) is 0 Å². The van der Waals surface area contributed by atoms with Crippen molar-refractivity contribution in [2.75, 3.05) is 6.61 Å². The van der Waals surface area contributed by atoms with Crippen molar-refractivity contribution in [3.8, 4) is 5.75 Å². The molecule has 5 heteroatoms. The van der Waals surface area contributed by atoms with Gasteiger partial charge in [-0.15, -0.1) is 0 Å². The minimum Gasteiger partial charge on any atom is -0.488 e. The lowest BCUT2D eigenvalue weighted by Gasteiger charge is -2.24. The van der Waals surface area contributed by atoms with Gasteiger partial charge < -0.3 is 9.47 Å². The Morgan fingerprint density at radius 3 is 2.77 bits per heavy atom. The second-order valence-electron chi connectivity index (χ2n) is 5.81. The molecule has 0 bridgehead atoms. The average molecular weight is 307 g/mol. The van der Waals surface area contributed by atoms with Crippen LogP contribution in [0.15, 0.2) is 23.1 Å². The van der Waals surface area contributed by atoms with Gasteiger partial charge in [0.2, 0.25) is 0 Å². The summed E-state index contributed by atoms with van der Waals surface area (Å²) < 4.78 is 12.4. The Morgan fingerprint density at radius 2 is 2.09 bits per heavy atom. The Labute approximate surface area is 131 Å². The number of hydrogen-bond donors (Lipinski definition) is 0. The Bertz CT molecular complexity index is 546. The maximum Gasteiger partial charge on any atom is 0.329 e. The van der Waals surface area contributed by atoms with E-state index in [2.05, 4.69) is 0 Å². The van der Waals surface area contributed by atoms with Crippen molar-refractivity contribution in [1.29, 1.82) is 0 Å². The Balaban J connectivity index is 2.06. The molecular weight excluding hydrogens is 282 g/mol. The predicted molar refractivity (Wildman–Crippen MR) is 84.2 cm³/mol. The van der Waals surface area contributed by atoms with E-state index in [0.717, 1.165) is 32.1 Å². The van der Waals surface area contributed by atoms with E-state index < -0.39 is 6.04 Å². The monoisotopic (exact) mass is 307 g/mol. The van der Waals surface area contributed by atoms with Crippen molar-refractivity contribution >= 4 is 5.97 Å². The van der Waals surface area contributed by atoms with Crippen LogP contribution in [-0.2, 0) is 9.53 Å². The first-order valence-corrected chi connectivity index (χ1v) is 8.18. The molecule has 1 saturated carbocycles. The fraction of sp³-hybridized carbons (Fsp3) is 0.647. The van der Waals surface area contributed by atoms with Crippen LogP contribution in [0.2, 0.25) is 0 Å². The molecule has 1 unspecified atom stereocenters. The van der Waals surface area contributed by atoms with Crippen molar-refractivity contribution in [3.63, 3.8) is 0 Å². The normalized spacial score (nSPS) is 17.0. The summed E-state index contributed by atoms with van der Waals surface area (Å²) in [5, 5.41) is 0. The van der Waals surface area contributed by atoms with Gasteiger partial charge in [0.15, 0.2) is 5.75 Å². The van der Waals surface area contributed by atoms with Crippen molar-refractivity contribution in [2.24, 2.45) is 0 Å². The number of aromatic nitrogens is 1. The number of esters is 1. The van der Waals surface area contributed by atoms with Gasteiger partial charge in [0.25, 0.3) is 5.56 Å². The molecule has 0 saturated heterocycles. The molecule has 0 aromatic carbocycles. The fourth-order valence-electron chi connectivity index (χ4n) is 2.68. The zero-order valence-electron chi connectivity index (χ0n) is 13.4. The Morgan fingerprint density at radius 1 is 1.36 bits per heavy atom. The molecule has 5 nitrogen and oxygen atoms in total. The highest BCUT2D eigenvalue weighted by Crippen LogP contribution is 2.22. The maximum absolute atomic E-state index is 12.3. The number of rotatable bonds is 6. The summed E-state index contributed by atoms with van der Waals surface area (Å²) in [4.78, 5) is 24.6. The average Bonchev–Trinajstić information content (AvgIpc) is 2.54. The molecule has 1 aromatic rings. The van der Waals surface area contributed by atoms with E-state index in [9.17, 15) is 9.59 Å². The summed E-state index contributed by atoms with van der Waals surface area (Å²) in [5.41, 5.74) is -0.288. The minimum atomic E-state index is -0.639. The molecule has 2 rings (SSSR count). The number of ether oxygens (including phenoxy) is 2. The van der Waals surface area contributed by atoms with E-state index in [0.29, 0.717) is 6.61 Å². The largest absolute Gasteiger partial charge is 0.488 e.